The minimum absolute atomic E-state index is 0. The smallest absolute Gasteiger partial charge is 0.0675 e. The number of rotatable bonds is 4. The maximum absolute atomic E-state index is 2.41. The average molecular weight is 265 g/mol. The number of hydrogen-bond donors (Lipinski definition) is 0. The van der Waals surface area contributed by atoms with E-state index >= 15 is 0 Å². The lowest BCUT2D eigenvalue weighted by Crippen LogP contribution is -2.34. The Morgan fingerprint density at radius 1 is 0.765 bits per heavy atom. The molecule has 0 radical (unpaired) electrons. The van der Waals surface area contributed by atoms with Gasteiger partial charge in [0.2, 0.25) is 0 Å². The first-order valence-corrected chi connectivity index (χ1v) is 9.11. The van der Waals surface area contributed by atoms with E-state index in [1.165, 1.54) is 18.1 Å². The molecule has 0 unspecified atom stereocenters. The molecule has 0 aromatic carbocycles. The molecule has 0 aliphatic rings. The first-order chi connectivity index (χ1) is 6.63. The van der Waals surface area contributed by atoms with Gasteiger partial charge in [-0.15, -0.1) is 0 Å². The Morgan fingerprint density at radius 3 is 0.941 bits per heavy atom. The first-order valence-electron chi connectivity index (χ1n) is 6.41. The highest BCUT2D eigenvalue weighted by Gasteiger charge is 2.29. The number of hydrogen-bond acceptors (Lipinski definition) is 0. The molecule has 0 N–H and O–H groups in total. The third kappa shape index (κ3) is 14.1. The van der Waals surface area contributed by atoms with Crippen LogP contribution in [0.5, 0.6) is 0 Å². The van der Waals surface area contributed by atoms with E-state index in [9.17, 15) is 0 Å². The van der Waals surface area contributed by atoms with Crippen molar-refractivity contribution in [2.45, 2.75) is 73.1 Å². The molecule has 0 rings (SSSR count). The van der Waals surface area contributed by atoms with E-state index in [1.54, 1.807) is 0 Å². The van der Waals surface area contributed by atoms with Crippen LogP contribution in [0.1, 0.15) is 49.5 Å². The van der Waals surface area contributed by atoms with Gasteiger partial charge in [-0.3, -0.25) is 0 Å². The summed E-state index contributed by atoms with van der Waals surface area (Å²) < 4.78 is 1.00. The van der Waals surface area contributed by atoms with Crippen molar-refractivity contribution in [2.24, 2.45) is 0 Å². The van der Waals surface area contributed by atoms with Crippen LogP contribution in [0.25, 0.3) is 0 Å². The number of quaternary nitrogens is 1. The van der Waals surface area contributed by atoms with Crippen molar-refractivity contribution < 1.29 is 4.48 Å². The summed E-state index contributed by atoms with van der Waals surface area (Å²) in [4.78, 5) is 0. The van der Waals surface area contributed by atoms with Crippen molar-refractivity contribution in [1.82, 2.24) is 0 Å². The minimum atomic E-state index is -0.795. The number of nitrogens with zero attached hydrogens (tertiary/aromatic N) is 1. The second kappa shape index (κ2) is 11.3. The van der Waals surface area contributed by atoms with Gasteiger partial charge in [0.25, 0.3) is 0 Å². The normalized spacial score (nSPS) is 10.9. The molecule has 0 saturated carbocycles. The lowest BCUT2D eigenvalue weighted by molar-refractivity contribution is -0.849. The second-order valence-electron chi connectivity index (χ2n) is 6.26. The van der Waals surface area contributed by atoms with Crippen LogP contribution in [-0.4, -0.2) is 40.7 Å². The van der Waals surface area contributed by atoms with Gasteiger partial charge in [-0.2, -0.15) is 0 Å². The average Bonchev–Trinajstić information content (AvgIpc) is 2.05. The quantitative estimate of drug-likeness (QED) is 0.464. The predicted octanol–water partition coefficient (Wildman–Crippen LogP) is 5.50. The Kier molecular flexibility index (Phi) is 17.2. The zero-order valence-corrected chi connectivity index (χ0v) is 13.6. The first kappa shape index (κ1) is 25.9. The third-order valence-electron chi connectivity index (χ3n) is 3.34. The fourth-order valence-electron chi connectivity index (χ4n) is 1.97. The largest absolute Gasteiger partial charge is 0.333 e. The summed E-state index contributed by atoms with van der Waals surface area (Å²) in [6.45, 7) is 11.9. The Hall–Kier alpha value is 0.177. The summed E-state index contributed by atoms with van der Waals surface area (Å²) in [6.07, 6.45) is 0. The van der Waals surface area contributed by atoms with Crippen molar-refractivity contribution in [3.63, 3.8) is 0 Å². The molecule has 0 aromatic heterocycles. The summed E-state index contributed by atoms with van der Waals surface area (Å²) in [6, 6.07) is 4.41. The summed E-state index contributed by atoms with van der Waals surface area (Å²) in [7, 11) is 7.71. The highest BCUT2D eigenvalue weighted by atomic mass is 28.3. The van der Waals surface area contributed by atoms with Gasteiger partial charge in [0.15, 0.2) is 0 Å². The molecule has 2 heteroatoms. The SMILES string of the molecule is C.C.CC[Si](CC)(CC)C(C)C.C[N+](C)(C)C. The monoisotopic (exact) mass is 264 g/mol. The molecular weight excluding hydrogens is 222 g/mol. The molecule has 0 aliphatic heterocycles. The van der Waals surface area contributed by atoms with Crippen molar-refractivity contribution in [3.05, 3.63) is 0 Å². The van der Waals surface area contributed by atoms with Gasteiger partial charge >= 0.3 is 0 Å². The van der Waals surface area contributed by atoms with Crippen molar-refractivity contribution in [2.75, 3.05) is 28.2 Å². The Morgan fingerprint density at radius 2 is 0.941 bits per heavy atom. The van der Waals surface area contributed by atoms with Crippen LogP contribution in [0.3, 0.4) is 0 Å². The topological polar surface area (TPSA) is 0 Å². The molecule has 1 nitrogen and oxygen atoms in total. The highest BCUT2D eigenvalue weighted by Crippen LogP contribution is 2.31. The van der Waals surface area contributed by atoms with Crippen molar-refractivity contribution in [1.29, 1.82) is 0 Å². The zero-order valence-electron chi connectivity index (χ0n) is 12.6. The summed E-state index contributed by atoms with van der Waals surface area (Å²) in [5.41, 5.74) is 0.979. The van der Waals surface area contributed by atoms with Gasteiger partial charge in [-0.1, -0.05) is 73.1 Å². The Bertz CT molecular complexity index is 129. The molecule has 0 aromatic rings. The van der Waals surface area contributed by atoms with E-state index in [4.69, 9.17) is 0 Å². The molecule has 110 valence electrons. The molecule has 0 heterocycles. The van der Waals surface area contributed by atoms with Gasteiger partial charge in [-0.05, 0) is 0 Å². The standard InChI is InChI=1S/C9H22Si.C4H12N.2CH4/c1-6-10(7-2,8-3)9(4)5;1-5(2,3)4;;/h9H,6-8H2,1-5H3;1-4H3;2*1H4/q;+1;;. The van der Waals surface area contributed by atoms with Crippen LogP contribution in [0.2, 0.25) is 23.7 Å². The fourth-order valence-corrected chi connectivity index (χ4v) is 5.92. The van der Waals surface area contributed by atoms with Gasteiger partial charge in [-0.25, -0.2) is 0 Å². The van der Waals surface area contributed by atoms with E-state index in [0.29, 0.717) is 0 Å². The van der Waals surface area contributed by atoms with Crippen LogP contribution >= 0.6 is 0 Å². The van der Waals surface area contributed by atoms with E-state index < -0.39 is 8.07 Å². The molecule has 0 bridgehead atoms. The van der Waals surface area contributed by atoms with Crippen LogP contribution in [0, 0.1) is 0 Å². The van der Waals surface area contributed by atoms with Crippen molar-refractivity contribution >= 4 is 8.07 Å². The Balaban J connectivity index is -0.000000105. The lowest BCUT2D eigenvalue weighted by atomic mass is 10.6. The maximum Gasteiger partial charge on any atom is 0.0675 e. The van der Waals surface area contributed by atoms with E-state index in [-0.39, 0.29) is 14.9 Å². The second-order valence-corrected chi connectivity index (χ2v) is 12.3. The van der Waals surface area contributed by atoms with Crippen LogP contribution < -0.4 is 0 Å². The molecule has 0 aliphatic carbocycles. The Labute approximate surface area is 114 Å². The molecular formula is C15H42NSi+. The van der Waals surface area contributed by atoms with E-state index in [2.05, 4.69) is 62.8 Å². The molecule has 0 fully saturated rings. The van der Waals surface area contributed by atoms with E-state index in [0.717, 1.165) is 10.0 Å². The fraction of sp³-hybridized carbons (Fsp3) is 1.00. The van der Waals surface area contributed by atoms with Gasteiger partial charge < -0.3 is 4.48 Å². The maximum atomic E-state index is 2.41. The summed E-state index contributed by atoms with van der Waals surface area (Å²) in [5.74, 6) is 0. The zero-order chi connectivity index (χ0) is 12.7. The third-order valence-corrected chi connectivity index (χ3v) is 10.0. The van der Waals surface area contributed by atoms with Crippen LogP contribution in [-0.2, 0) is 0 Å². The van der Waals surface area contributed by atoms with Crippen LogP contribution in [0.4, 0.5) is 0 Å². The summed E-state index contributed by atoms with van der Waals surface area (Å²) in [5, 5.41) is 0. The van der Waals surface area contributed by atoms with Gasteiger partial charge in [0.05, 0.1) is 36.3 Å². The molecule has 0 atom stereocenters. The molecule has 0 saturated heterocycles. The van der Waals surface area contributed by atoms with E-state index in [1.807, 2.05) is 0 Å². The van der Waals surface area contributed by atoms with Gasteiger partial charge in [0.1, 0.15) is 0 Å². The minimum Gasteiger partial charge on any atom is -0.333 e. The highest BCUT2D eigenvalue weighted by molar-refractivity contribution is 6.80. The molecule has 0 amide bonds. The van der Waals surface area contributed by atoms with Crippen molar-refractivity contribution in [3.8, 4) is 0 Å². The predicted molar refractivity (Wildman–Crippen MR) is 89.7 cm³/mol. The van der Waals surface area contributed by atoms with Crippen LogP contribution in [0.15, 0.2) is 0 Å². The van der Waals surface area contributed by atoms with Gasteiger partial charge in [0, 0.05) is 0 Å². The molecule has 0 spiro atoms. The summed E-state index contributed by atoms with van der Waals surface area (Å²) >= 11 is 0. The lowest BCUT2D eigenvalue weighted by Gasteiger charge is -2.32. The molecule has 17 heavy (non-hydrogen) atoms.